The Labute approximate surface area is 142 Å². The summed E-state index contributed by atoms with van der Waals surface area (Å²) in [7, 11) is 1.34. The molecule has 0 unspecified atom stereocenters. The lowest BCUT2D eigenvalue weighted by Gasteiger charge is -2.10. The van der Waals surface area contributed by atoms with E-state index in [-0.39, 0.29) is 22.6 Å². The number of carboxylic acids is 1. The number of rotatable bonds is 7. The number of benzene rings is 2. The zero-order chi connectivity index (χ0) is 18.4. The summed E-state index contributed by atoms with van der Waals surface area (Å²) >= 11 is 0. The summed E-state index contributed by atoms with van der Waals surface area (Å²) in [4.78, 5) is 22.7. The molecule has 0 aliphatic heterocycles. The Morgan fingerprint density at radius 2 is 1.80 bits per heavy atom. The van der Waals surface area contributed by atoms with Gasteiger partial charge in [-0.3, -0.25) is 4.79 Å². The predicted octanol–water partition coefficient (Wildman–Crippen LogP) is 3.33. The van der Waals surface area contributed by atoms with E-state index in [1.165, 1.54) is 31.4 Å². The molecule has 25 heavy (non-hydrogen) atoms. The normalized spacial score (nSPS) is 10.7. The molecule has 0 aliphatic carbocycles. The third-order valence-corrected chi connectivity index (χ3v) is 3.20. The van der Waals surface area contributed by atoms with Gasteiger partial charge in [0.15, 0.2) is 23.9 Å². The Hall–Kier alpha value is -3.22. The van der Waals surface area contributed by atoms with Gasteiger partial charge in [0.2, 0.25) is 0 Å². The standard InChI is InChI=1S/C18H14F2O5/c1-24-17-9-11(5-8-16(17)25-10-18(22)23)15(21)7-6-12-13(19)3-2-4-14(12)20/h2-9H,10H2,1H3,(H,22,23)/b7-6+. The molecular weight excluding hydrogens is 334 g/mol. The van der Waals surface area contributed by atoms with Gasteiger partial charge >= 0.3 is 5.97 Å². The second kappa shape index (κ2) is 8.05. The van der Waals surface area contributed by atoms with Gasteiger partial charge in [-0.05, 0) is 42.5 Å². The molecule has 0 aromatic heterocycles. The molecule has 1 N–H and O–H groups in total. The summed E-state index contributed by atoms with van der Waals surface area (Å²) in [6.07, 6.45) is 2.09. The number of allylic oxidation sites excluding steroid dienone is 1. The molecular formula is C18H14F2O5. The van der Waals surface area contributed by atoms with Crippen LogP contribution in [0.25, 0.3) is 6.08 Å². The SMILES string of the molecule is COc1cc(C(=O)/C=C/c2c(F)cccc2F)ccc1OCC(=O)O. The second-order valence-corrected chi connectivity index (χ2v) is 4.88. The second-order valence-electron chi connectivity index (χ2n) is 4.88. The van der Waals surface area contributed by atoms with Gasteiger partial charge in [0.1, 0.15) is 11.6 Å². The molecule has 0 aliphatic rings. The van der Waals surface area contributed by atoms with E-state index in [0.717, 1.165) is 24.3 Å². The first-order chi connectivity index (χ1) is 11.9. The van der Waals surface area contributed by atoms with Gasteiger partial charge in [-0.25, -0.2) is 13.6 Å². The van der Waals surface area contributed by atoms with Crippen molar-refractivity contribution in [3.05, 3.63) is 65.2 Å². The molecule has 0 amide bonds. The number of carbonyl (C=O) groups is 2. The Morgan fingerprint density at radius 1 is 1.12 bits per heavy atom. The fourth-order valence-electron chi connectivity index (χ4n) is 2.00. The topological polar surface area (TPSA) is 72.8 Å². The Kier molecular flexibility index (Phi) is 5.84. The van der Waals surface area contributed by atoms with E-state index in [4.69, 9.17) is 14.6 Å². The van der Waals surface area contributed by atoms with Crippen LogP contribution in [0, 0.1) is 11.6 Å². The van der Waals surface area contributed by atoms with Crippen molar-refractivity contribution in [3.63, 3.8) is 0 Å². The number of carboxylic acid groups (broad SMARTS) is 1. The third-order valence-electron chi connectivity index (χ3n) is 3.20. The first kappa shape index (κ1) is 18.1. The van der Waals surface area contributed by atoms with Crippen LogP contribution in [-0.4, -0.2) is 30.6 Å². The van der Waals surface area contributed by atoms with Crippen molar-refractivity contribution in [3.8, 4) is 11.5 Å². The van der Waals surface area contributed by atoms with Crippen molar-refractivity contribution in [2.45, 2.75) is 0 Å². The molecule has 0 radical (unpaired) electrons. The zero-order valence-corrected chi connectivity index (χ0v) is 13.2. The molecule has 2 aromatic carbocycles. The van der Waals surface area contributed by atoms with Crippen LogP contribution in [0.4, 0.5) is 8.78 Å². The van der Waals surface area contributed by atoms with Crippen molar-refractivity contribution in [1.82, 2.24) is 0 Å². The van der Waals surface area contributed by atoms with Crippen molar-refractivity contribution in [1.29, 1.82) is 0 Å². The van der Waals surface area contributed by atoms with E-state index in [9.17, 15) is 18.4 Å². The average molecular weight is 348 g/mol. The number of hydrogen-bond donors (Lipinski definition) is 1. The quantitative estimate of drug-likeness (QED) is 0.614. The van der Waals surface area contributed by atoms with Crippen LogP contribution in [-0.2, 0) is 4.79 Å². The molecule has 0 spiro atoms. The minimum atomic E-state index is -1.16. The van der Waals surface area contributed by atoms with E-state index in [1.54, 1.807) is 0 Å². The summed E-state index contributed by atoms with van der Waals surface area (Å²) < 4.78 is 37.2. The van der Waals surface area contributed by atoms with Crippen molar-refractivity contribution < 1.29 is 33.0 Å². The molecule has 130 valence electrons. The maximum absolute atomic E-state index is 13.5. The summed E-state index contributed by atoms with van der Waals surface area (Å²) in [5.41, 5.74) is -0.128. The van der Waals surface area contributed by atoms with Crippen molar-refractivity contribution in [2.24, 2.45) is 0 Å². The van der Waals surface area contributed by atoms with E-state index in [2.05, 4.69) is 0 Å². The number of carbonyl (C=O) groups excluding carboxylic acids is 1. The minimum absolute atomic E-state index is 0.158. The first-order valence-electron chi connectivity index (χ1n) is 7.11. The lowest BCUT2D eigenvalue weighted by atomic mass is 10.1. The van der Waals surface area contributed by atoms with Gasteiger partial charge in [0.05, 0.1) is 7.11 Å². The lowest BCUT2D eigenvalue weighted by molar-refractivity contribution is -0.139. The van der Waals surface area contributed by atoms with E-state index in [1.807, 2.05) is 0 Å². The van der Waals surface area contributed by atoms with Gasteiger partial charge in [0.25, 0.3) is 0 Å². The lowest BCUT2D eigenvalue weighted by Crippen LogP contribution is -2.10. The van der Waals surface area contributed by atoms with E-state index in [0.29, 0.717) is 0 Å². The predicted molar refractivity (Wildman–Crippen MR) is 85.8 cm³/mol. The van der Waals surface area contributed by atoms with Crippen LogP contribution in [0.2, 0.25) is 0 Å². The summed E-state index contributed by atoms with van der Waals surface area (Å²) in [5.74, 6) is -2.90. The van der Waals surface area contributed by atoms with Gasteiger partial charge in [-0.1, -0.05) is 6.07 Å². The average Bonchev–Trinajstić information content (AvgIpc) is 2.59. The molecule has 7 heteroatoms. The molecule has 0 atom stereocenters. The van der Waals surface area contributed by atoms with Crippen LogP contribution in [0.3, 0.4) is 0 Å². The summed E-state index contributed by atoms with van der Waals surface area (Å²) in [6.45, 7) is -0.559. The Morgan fingerprint density at radius 3 is 2.40 bits per heavy atom. The molecule has 2 rings (SSSR count). The molecule has 0 heterocycles. The largest absolute Gasteiger partial charge is 0.493 e. The number of hydrogen-bond acceptors (Lipinski definition) is 4. The minimum Gasteiger partial charge on any atom is -0.493 e. The highest BCUT2D eigenvalue weighted by atomic mass is 19.1. The Balaban J connectivity index is 2.22. The van der Waals surface area contributed by atoms with Crippen molar-refractivity contribution in [2.75, 3.05) is 13.7 Å². The highest BCUT2D eigenvalue weighted by Gasteiger charge is 2.11. The highest BCUT2D eigenvalue weighted by molar-refractivity contribution is 6.07. The maximum atomic E-state index is 13.5. The van der Waals surface area contributed by atoms with Gasteiger partial charge in [-0.15, -0.1) is 0 Å². The summed E-state index contributed by atoms with van der Waals surface area (Å²) in [5, 5.41) is 8.61. The van der Waals surface area contributed by atoms with Crippen LogP contribution >= 0.6 is 0 Å². The number of methoxy groups -OCH3 is 1. The van der Waals surface area contributed by atoms with Crippen LogP contribution in [0.1, 0.15) is 15.9 Å². The first-order valence-corrected chi connectivity index (χ1v) is 7.11. The van der Waals surface area contributed by atoms with Gasteiger partial charge in [0, 0.05) is 11.1 Å². The van der Waals surface area contributed by atoms with Crippen LogP contribution < -0.4 is 9.47 Å². The third kappa shape index (κ3) is 4.63. The fourth-order valence-corrected chi connectivity index (χ4v) is 2.00. The molecule has 0 bridgehead atoms. The zero-order valence-electron chi connectivity index (χ0n) is 13.2. The molecule has 0 saturated heterocycles. The smallest absolute Gasteiger partial charge is 0.341 e. The number of ketones is 1. The van der Waals surface area contributed by atoms with Crippen LogP contribution in [0.15, 0.2) is 42.5 Å². The van der Waals surface area contributed by atoms with E-state index >= 15 is 0 Å². The molecule has 2 aromatic rings. The van der Waals surface area contributed by atoms with E-state index < -0.39 is 30.0 Å². The molecule has 0 saturated carbocycles. The maximum Gasteiger partial charge on any atom is 0.341 e. The molecule has 0 fully saturated rings. The van der Waals surface area contributed by atoms with Gasteiger partial charge < -0.3 is 14.6 Å². The Bertz CT molecular complexity index is 810. The fraction of sp³-hybridized carbons (Fsp3) is 0.111. The van der Waals surface area contributed by atoms with Crippen molar-refractivity contribution >= 4 is 17.8 Å². The number of ether oxygens (including phenoxy) is 2. The monoisotopic (exact) mass is 348 g/mol. The molecule has 5 nitrogen and oxygen atoms in total. The van der Waals surface area contributed by atoms with Crippen LogP contribution in [0.5, 0.6) is 11.5 Å². The number of halogens is 2. The summed E-state index contributed by atoms with van der Waals surface area (Å²) in [6, 6.07) is 7.53. The number of aliphatic carboxylic acids is 1. The van der Waals surface area contributed by atoms with Gasteiger partial charge in [-0.2, -0.15) is 0 Å². The highest BCUT2D eigenvalue weighted by Crippen LogP contribution is 2.28.